The molecule has 1 aromatic carbocycles. The Kier molecular flexibility index (Phi) is 9.60. The molecule has 0 saturated carbocycles. The Morgan fingerprint density at radius 1 is 1.26 bits per heavy atom. The molecule has 7 heteroatoms. The molecule has 1 fully saturated rings. The van der Waals surface area contributed by atoms with Gasteiger partial charge in [-0.15, -0.1) is 12.4 Å². The Hall–Kier alpha value is -1.79. The maximum Gasteiger partial charge on any atom is 0.260 e. The maximum atomic E-state index is 12.7. The summed E-state index contributed by atoms with van der Waals surface area (Å²) < 4.78 is 5.54. The Balaban J connectivity index is 0.00000364. The van der Waals surface area contributed by atoms with Crippen LogP contribution in [-0.2, 0) is 9.59 Å². The van der Waals surface area contributed by atoms with Gasteiger partial charge < -0.3 is 20.7 Å². The average Bonchev–Trinajstić information content (AvgIpc) is 2.71. The van der Waals surface area contributed by atoms with Crippen LogP contribution in [0.3, 0.4) is 0 Å². The summed E-state index contributed by atoms with van der Waals surface area (Å²) in [6.07, 6.45) is 3.21. The van der Waals surface area contributed by atoms with Crippen molar-refractivity contribution in [3.05, 3.63) is 30.3 Å². The number of likely N-dealkylation sites (tertiary alicyclic amines) is 1. The van der Waals surface area contributed by atoms with Crippen LogP contribution in [-0.4, -0.2) is 48.5 Å². The van der Waals surface area contributed by atoms with Crippen LogP contribution in [0.1, 0.15) is 39.5 Å². The lowest BCUT2D eigenvalue weighted by atomic mass is 9.90. The number of ether oxygens (including phenoxy) is 1. The molecule has 1 saturated heterocycles. The zero-order valence-electron chi connectivity index (χ0n) is 16.3. The first kappa shape index (κ1) is 23.2. The Labute approximate surface area is 168 Å². The number of hydrogen-bond acceptors (Lipinski definition) is 4. The summed E-state index contributed by atoms with van der Waals surface area (Å²) in [5.41, 5.74) is 5.53. The number of carbonyl (C=O) groups excluding carboxylic acids is 2. The number of carbonyl (C=O) groups is 2. The molecule has 1 heterocycles. The third-order valence-corrected chi connectivity index (χ3v) is 5.38. The molecule has 0 aromatic heterocycles. The average molecular weight is 398 g/mol. The summed E-state index contributed by atoms with van der Waals surface area (Å²) >= 11 is 0. The summed E-state index contributed by atoms with van der Waals surface area (Å²) in [5, 5.41) is 3.13. The molecule has 152 valence electrons. The van der Waals surface area contributed by atoms with E-state index in [2.05, 4.69) is 5.32 Å². The topological polar surface area (TPSA) is 84.7 Å². The summed E-state index contributed by atoms with van der Waals surface area (Å²) in [6.45, 7) is 5.60. The van der Waals surface area contributed by atoms with Crippen molar-refractivity contribution < 1.29 is 14.3 Å². The highest BCUT2D eigenvalue weighted by molar-refractivity contribution is 5.85. The first-order chi connectivity index (χ1) is 12.5. The highest BCUT2D eigenvalue weighted by Crippen LogP contribution is 2.20. The highest BCUT2D eigenvalue weighted by Gasteiger charge is 2.33. The fourth-order valence-electron chi connectivity index (χ4n) is 3.30. The van der Waals surface area contributed by atoms with E-state index in [-0.39, 0.29) is 42.3 Å². The van der Waals surface area contributed by atoms with Crippen LogP contribution in [0.5, 0.6) is 5.75 Å². The smallest absolute Gasteiger partial charge is 0.260 e. The van der Waals surface area contributed by atoms with Crippen molar-refractivity contribution in [3.63, 3.8) is 0 Å². The molecule has 2 amide bonds. The van der Waals surface area contributed by atoms with Gasteiger partial charge in [0, 0.05) is 19.6 Å². The van der Waals surface area contributed by atoms with E-state index in [0.29, 0.717) is 25.4 Å². The zero-order chi connectivity index (χ0) is 19.0. The Morgan fingerprint density at radius 2 is 1.93 bits per heavy atom. The number of nitrogens with two attached hydrogens (primary N) is 1. The lowest BCUT2D eigenvalue weighted by Crippen LogP contribution is -2.56. The van der Waals surface area contributed by atoms with Gasteiger partial charge in [-0.25, -0.2) is 0 Å². The number of benzene rings is 1. The first-order valence-electron chi connectivity index (χ1n) is 9.51. The van der Waals surface area contributed by atoms with E-state index in [9.17, 15) is 9.59 Å². The molecule has 0 spiro atoms. The third-order valence-electron chi connectivity index (χ3n) is 5.38. The standard InChI is InChI=1S/C20H31N3O3.ClH/c1-3-20(4-2,15-21)22-19(25)16-9-8-12-23(13-16)18(24)14-26-17-10-6-5-7-11-17;/h5-7,10-11,16H,3-4,8-9,12-15,21H2,1-2H3,(H,22,25);1H. The van der Waals surface area contributed by atoms with E-state index in [0.717, 1.165) is 25.7 Å². The van der Waals surface area contributed by atoms with Crippen LogP contribution in [0, 0.1) is 5.92 Å². The van der Waals surface area contributed by atoms with Gasteiger partial charge in [0.15, 0.2) is 6.61 Å². The Morgan fingerprint density at radius 3 is 2.52 bits per heavy atom. The van der Waals surface area contributed by atoms with Crippen LogP contribution < -0.4 is 15.8 Å². The van der Waals surface area contributed by atoms with Crippen LogP contribution in [0.15, 0.2) is 30.3 Å². The molecular weight excluding hydrogens is 366 g/mol. The largest absolute Gasteiger partial charge is 0.484 e. The summed E-state index contributed by atoms with van der Waals surface area (Å²) in [6, 6.07) is 9.28. The van der Waals surface area contributed by atoms with Gasteiger partial charge in [0.05, 0.1) is 11.5 Å². The van der Waals surface area contributed by atoms with Gasteiger partial charge in [0.1, 0.15) is 5.75 Å². The van der Waals surface area contributed by atoms with Gasteiger partial charge in [-0.05, 0) is 37.8 Å². The van der Waals surface area contributed by atoms with Gasteiger partial charge in [-0.2, -0.15) is 0 Å². The Bertz CT molecular complexity index is 585. The van der Waals surface area contributed by atoms with Crippen molar-refractivity contribution in [3.8, 4) is 5.75 Å². The second kappa shape index (κ2) is 11.1. The molecule has 2 rings (SSSR count). The fourth-order valence-corrected chi connectivity index (χ4v) is 3.30. The summed E-state index contributed by atoms with van der Waals surface area (Å²) in [5.74, 6) is 0.405. The number of hydrogen-bond donors (Lipinski definition) is 2. The van der Waals surface area contributed by atoms with Gasteiger partial charge in [-0.1, -0.05) is 32.0 Å². The normalized spacial score (nSPS) is 17.0. The quantitative estimate of drug-likeness (QED) is 0.705. The van der Waals surface area contributed by atoms with E-state index >= 15 is 0 Å². The number of amides is 2. The van der Waals surface area contributed by atoms with Gasteiger partial charge in [0.2, 0.25) is 5.91 Å². The second-order valence-corrected chi connectivity index (χ2v) is 6.96. The van der Waals surface area contributed by atoms with Gasteiger partial charge >= 0.3 is 0 Å². The molecule has 3 N–H and O–H groups in total. The predicted molar refractivity (Wildman–Crippen MR) is 109 cm³/mol. The van der Waals surface area contributed by atoms with Crippen molar-refractivity contribution >= 4 is 24.2 Å². The fraction of sp³-hybridized carbons (Fsp3) is 0.600. The van der Waals surface area contributed by atoms with Crippen molar-refractivity contribution in [2.45, 2.75) is 45.1 Å². The van der Waals surface area contributed by atoms with Crippen molar-refractivity contribution in [1.29, 1.82) is 0 Å². The minimum atomic E-state index is -0.347. The maximum absolute atomic E-state index is 12.7. The predicted octanol–water partition coefficient (Wildman–Crippen LogP) is 2.36. The lowest BCUT2D eigenvalue weighted by molar-refractivity contribution is -0.138. The van der Waals surface area contributed by atoms with E-state index in [4.69, 9.17) is 10.5 Å². The van der Waals surface area contributed by atoms with Crippen LogP contribution in [0.4, 0.5) is 0 Å². The van der Waals surface area contributed by atoms with E-state index in [1.54, 1.807) is 4.90 Å². The molecule has 0 bridgehead atoms. The molecule has 0 aliphatic carbocycles. The molecular formula is C20H32ClN3O3. The minimum Gasteiger partial charge on any atom is -0.484 e. The zero-order valence-corrected chi connectivity index (χ0v) is 17.1. The second-order valence-electron chi connectivity index (χ2n) is 6.96. The number of piperidine rings is 1. The van der Waals surface area contributed by atoms with Crippen molar-refractivity contribution in [2.75, 3.05) is 26.2 Å². The lowest BCUT2D eigenvalue weighted by Gasteiger charge is -2.36. The molecule has 1 atom stereocenters. The molecule has 1 aliphatic rings. The van der Waals surface area contributed by atoms with Gasteiger partial charge in [0.25, 0.3) is 5.91 Å². The van der Waals surface area contributed by atoms with Crippen LogP contribution >= 0.6 is 12.4 Å². The number of nitrogens with zero attached hydrogens (tertiary/aromatic N) is 1. The first-order valence-corrected chi connectivity index (χ1v) is 9.51. The highest BCUT2D eigenvalue weighted by atomic mass is 35.5. The minimum absolute atomic E-state index is 0. The number of halogens is 1. The molecule has 0 radical (unpaired) electrons. The SMILES string of the molecule is CCC(CC)(CN)NC(=O)C1CCCN(C(=O)COc2ccccc2)C1.Cl. The molecule has 1 aromatic rings. The monoisotopic (exact) mass is 397 g/mol. The summed E-state index contributed by atoms with van der Waals surface area (Å²) in [4.78, 5) is 26.9. The number of nitrogens with one attached hydrogen (secondary N) is 1. The van der Waals surface area contributed by atoms with Crippen LogP contribution in [0.25, 0.3) is 0 Å². The molecule has 6 nitrogen and oxygen atoms in total. The molecule has 1 unspecified atom stereocenters. The van der Waals surface area contributed by atoms with E-state index < -0.39 is 0 Å². The van der Waals surface area contributed by atoms with Gasteiger partial charge in [-0.3, -0.25) is 9.59 Å². The van der Waals surface area contributed by atoms with Crippen molar-refractivity contribution in [1.82, 2.24) is 10.2 Å². The molecule has 27 heavy (non-hydrogen) atoms. The third kappa shape index (κ3) is 6.40. The van der Waals surface area contributed by atoms with Crippen molar-refractivity contribution in [2.24, 2.45) is 11.7 Å². The van der Waals surface area contributed by atoms with E-state index in [1.807, 2.05) is 44.2 Å². The van der Waals surface area contributed by atoms with E-state index in [1.165, 1.54) is 0 Å². The summed E-state index contributed by atoms with van der Waals surface area (Å²) in [7, 11) is 0. The van der Waals surface area contributed by atoms with Crippen LogP contribution in [0.2, 0.25) is 0 Å². The molecule has 1 aliphatic heterocycles. The number of rotatable bonds is 8. The number of para-hydroxylation sites is 1.